The van der Waals surface area contributed by atoms with Crippen LogP contribution in [0.15, 0.2) is 60.2 Å². The monoisotopic (exact) mass is 401 g/mol. The number of nitrogens with one attached hydrogen (secondary N) is 1. The van der Waals surface area contributed by atoms with Gasteiger partial charge < -0.3 is 9.72 Å². The molecule has 0 spiro atoms. The number of hydrogen-bond donors (Lipinski definition) is 1. The molecule has 0 aliphatic rings. The van der Waals surface area contributed by atoms with E-state index in [0.29, 0.717) is 22.1 Å². The fraction of sp³-hybridized carbons (Fsp3) is 0.0526. The van der Waals surface area contributed by atoms with Crippen LogP contribution in [0.4, 0.5) is 5.69 Å². The van der Waals surface area contributed by atoms with Gasteiger partial charge in [-0.25, -0.2) is 4.98 Å². The summed E-state index contributed by atoms with van der Waals surface area (Å²) in [6, 6.07) is 13.1. The number of imidazole rings is 1. The minimum atomic E-state index is -0.0468. The van der Waals surface area contributed by atoms with E-state index < -0.39 is 0 Å². The molecule has 0 radical (unpaired) electrons. The molecule has 1 N–H and O–H groups in total. The van der Waals surface area contributed by atoms with Crippen molar-refractivity contribution >= 4 is 51.8 Å². The highest BCUT2D eigenvalue weighted by Crippen LogP contribution is 2.27. The molecule has 3 aromatic heterocycles. The Labute approximate surface area is 164 Å². The largest absolute Gasteiger partial charge is 0.326 e. The van der Waals surface area contributed by atoms with E-state index in [1.165, 1.54) is 0 Å². The van der Waals surface area contributed by atoms with Gasteiger partial charge in [0.1, 0.15) is 0 Å². The van der Waals surface area contributed by atoms with Crippen molar-refractivity contribution < 1.29 is 4.79 Å². The number of halogens is 2. The van der Waals surface area contributed by atoms with Gasteiger partial charge in [-0.1, -0.05) is 41.4 Å². The topological polar surface area (TPSA) is 46.4 Å². The van der Waals surface area contributed by atoms with Crippen LogP contribution in [0.1, 0.15) is 4.88 Å². The minimum absolute atomic E-state index is 0.0468. The van der Waals surface area contributed by atoms with E-state index in [9.17, 15) is 4.79 Å². The van der Waals surface area contributed by atoms with Crippen molar-refractivity contribution in [3.05, 3.63) is 75.2 Å². The minimum Gasteiger partial charge on any atom is -0.326 e. The first-order chi connectivity index (χ1) is 12.6. The standard InChI is InChI=1S/C19H13Cl2N3OS/c20-13-8-16(21)19-23-17(11-24(19)10-13)12-3-1-4-14(7-12)22-18(25)9-15-5-2-6-26-15/h1-8,10-11H,9H2,(H,22,25). The highest BCUT2D eigenvalue weighted by molar-refractivity contribution is 7.10. The molecule has 4 nitrogen and oxygen atoms in total. The van der Waals surface area contributed by atoms with Crippen molar-refractivity contribution in [2.45, 2.75) is 6.42 Å². The fourth-order valence-corrected chi connectivity index (χ4v) is 3.93. The van der Waals surface area contributed by atoms with E-state index in [2.05, 4.69) is 10.3 Å². The normalized spacial score (nSPS) is 11.0. The Bertz CT molecular complexity index is 1090. The van der Waals surface area contributed by atoms with Crippen LogP contribution in [-0.4, -0.2) is 15.3 Å². The van der Waals surface area contributed by atoms with Gasteiger partial charge in [-0.3, -0.25) is 4.79 Å². The summed E-state index contributed by atoms with van der Waals surface area (Å²) in [6.07, 6.45) is 3.98. The smallest absolute Gasteiger partial charge is 0.229 e. The van der Waals surface area contributed by atoms with Crippen molar-refractivity contribution in [2.24, 2.45) is 0 Å². The molecule has 0 aliphatic heterocycles. The van der Waals surface area contributed by atoms with E-state index in [1.807, 2.05) is 48.0 Å². The summed E-state index contributed by atoms with van der Waals surface area (Å²) < 4.78 is 1.79. The number of amides is 1. The number of pyridine rings is 1. The summed E-state index contributed by atoms with van der Waals surface area (Å²) in [5, 5.41) is 5.93. The molecule has 130 valence electrons. The zero-order valence-electron chi connectivity index (χ0n) is 13.4. The number of rotatable bonds is 4. The van der Waals surface area contributed by atoms with Gasteiger partial charge in [0.05, 0.1) is 22.2 Å². The van der Waals surface area contributed by atoms with Gasteiger partial charge in [0.15, 0.2) is 5.65 Å². The summed E-state index contributed by atoms with van der Waals surface area (Å²) in [5.41, 5.74) is 3.00. The number of nitrogens with zero attached hydrogens (tertiary/aromatic N) is 2. The highest BCUT2D eigenvalue weighted by atomic mass is 35.5. The third-order valence-electron chi connectivity index (χ3n) is 3.83. The maximum absolute atomic E-state index is 12.2. The quantitative estimate of drug-likeness (QED) is 0.487. The molecular formula is C19H13Cl2N3OS. The summed E-state index contributed by atoms with van der Waals surface area (Å²) in [7, 11) is 0. The van der Waals surface area contributed by atoms with Gasteiger partial charge in [0.25, 0.3) is 0 Å². The highest BCUT2D eigenvalue weighted by Gasteiger charge is 2.10. The number of anilines is 1. The molecule has 7 heteroatoms. The van der Waals surface area contributed by atoms with Crippen LogP contribution in [0.3, 0.4) is 0 Å². The Morgan fingerprint density at radius 2 is 2.04 bits per heavy atom. The number of benzene rings is 1. The van der Waals surface area contributed by atoms with E-state index in [0.717, 1.165) is 21.8 Å². The maximum Gasteiger partial charge on any atom is 0.229 e. The summed E-state index contributed by atoms with van der Waals surface area (Å²) in [6.45, 7) is 0. The number of hydrogen-bond acceptors (Lipinski definition) is 3. The Balaban J connectivity index is 1.59. The summed E-state index contributed by atoms with van der Waals surface area (Å²) in [5.74, 6) is -0.0468. The van der Waals surface area contributed by atoms with Crippen molar-refractivity contribution in [2.75, 3.05) is 5.32 Å². The van der Waals surface area contributed by atoms with Crippen molar-refractivity contribution in [1.82, 2.24) is 9.38 Å². The molecule has 0 aliphatic carbocycles. The summed E-state index contributed by atoms with van der Waals surface area (Å²) >= 11 is 13.8. The second-order valence-electron chi connectivity index (χ2n) is 5.75. The molecule has 3 heterocycles. The number of aromatic nitrogens is 2. The number of carbonyl (C=O) groups excluding carboxylic acids is 1. The Morgan fingerprint density at radius 1 is 1.15 bits per heavy atom. The van der Waals surface area contributed by atoms with Crippen LogP contribution in [0.2, 0.25) is 10.0 Å². The van der Waals surface area contributed by atoms with Crippen LogP contribution < -0.4 is 5.32 Å². The van der Waals surface area contributed by atoms with Crippen molar-refractivity contribution in [1.29, 1.82) is 0 Å². The molecule has 0 saturated heterocycles. The first-order valence-electron chi connectivity index (χ1n) is 7.85. The third-order valence-corrected chi connectivity index (χ3v) is 5.19. The average molecular weight is 402 g/mol. The third kappa shape index (κ3) is 3.60. The summed E-state index contributed by atoms with van der Waals surface area (Å²) in [4.78, 5) is 17.8. The average Bonchev–Trinajstić information content (AvgIpc) is 3.24. The predicted molar refractivity (Wildman–Crippen MR) is 107 cm³/mol. The van der Waals surface area contributed by atoms with Crippen LogP contribution in [0, 0.1) is 0 Å². The molecule has 4 aromatic rings. The maximum atomic E-state index is 12.2. The molecule has 0 fully saturated rings. The van der Waals surface area contributed by atoms with Gasteiger partial charge in [-0.2, -0.15) is 0 Å². The first-order valence-corrected chi connectivity index (χ1v) is 9.48. The molecular weight excluding hydrogens is 389 g/mol. The van der Waals surface area contributed by atoms with E-state index in [-0.39, 0.29) is 5.91 Å². The Morgan fingerprint density at radius 3 is 2.85 bits per heavy atom. The van der Waals surface area contributed by atoms with Crippen LogP contribution >= 0.6 is 34.5 Å². The Hall–Kier alpha value is -2.34. The molecule has 1 aromatic carbocycles. The fourth-order valence-electron chi connectivity index (χ4n) is 2.70. The first kappa shape index (κ1) is 17.1. The molecule has 1 amide bonds. The van der Waals surface area contributed by atoms with Gasteiger partial charge in [-0.05, 0) is 29.6 Å². The van der Waals surface area contributed by atoms with Crippen molar-refractivity contribution in [3.8, 4) is 11.3 Å². The number of fused-ring (bicyclic) bond motifs is 1. The second kappa shape index (κ2) is 7.11. The lowest BCUT2D eigenvalue weighted by Gasteiger charge is -2.06. The lowest BCUT2D eigenvalue weighted by atomic mass is 10.1. The Kier molecular flexibility index (Phi) is 4.68. The molecule has 0 bridgehead atoms. The van der Waals surface area contributed by atoms with E-state index >= 15 is 0 Å². The van der Waals surface area contributed by atoms with Crippen LogP contribution in [0.5, 0.6) is 0 Å². The van der Waals surface area contributed by atoms with Gasteiger partial charge >= 0.3 is 0 Å². The van der Waals surface area contributed by atoms with Crippen molar-refractivity contribution in [3.63, 3.8) is 0 Å². The zero-order chi connectivity index (χ0) is 18.1. The zero-order valence-corrected chi connectivity index (χ0v) is 15.8. The number of thiophene rings is 1. The lowest BCUT2D eigenvalue weighted by molar-refractivity contribution is -0.115. The molecule has 0 atom stereocenters. The molecule has 4 rings (SSSR count). The molecule has 26 heavy (non-hydrogen) atoms. The number of carbonyl (C=O) groups is 1. The lowest BCUT2D eigenvalue weighted by Crippen LogP contribution is -2.13. The molecule has 0 saturated carbocycles. The molecule has 0 unspecified atom stereocenters. The van der Waals surface area contributed by atoms with Gasteiger partial charge in [0.2, 0.25) is 5.91 Å². The predicted octanol–water partition coefficient (Wildman–Crippen LogP) is 5.55. The van der Waals surface area contributed by atoms with Gasteiger partial charge in [-0.15, -0.1) is 11.3 Å². The SMILES string of the molecule is O=C(Cc1cccs1)Nc1cccc(-c2cn3cc(Cl)cc(Cl)c3n2)c1. The van der Waals surface area contributed by atoms with Gasteiger partial charge in [0, 0.05) is 28.5 Å². The second-order valence-corrected chi connectivity index (χ2v) is 7.62. The van der Waals surface area contributed by atoms with E-state index in [4.69, 9.17) is 23.2 Å². The van der Waals surface area contributed by atoms with Crippen LogP contribution in [-0.2, 0) is 11.2 Å². The van der Waals surface area contributed by atoms with E-state index in [1.54, 1.807) is 28.0 Å². The van der Waals surface area contributed by atoms with Crippen LogP contribution in [0.25, 0.3) is 16.9 Å².